The Morgan fingerprint density at radius 1 is 1.05 bits per heavy atom. The number of piperidine rings is 1. The summed E-state index contributed by atoms with van der Waals surface area (Å²) in [5.74, 6) is -0.359. The quantitative estimate of drug-likeness (QED) is 0.285. The maximum Gasteiger partial charge on any atom is 0.253 e. The number of halogens is 3. The molecule has 6 nitrogen and oxygen atoms in total. The predicted molar refractivity (Wildman–Crippen MR) is 168 cm³/mol. The molecule has 2 aliphatic rings. The van der Waals surface area contributed by atoms with Crippen LogP contribution in [0.4, 0.5) is 10.1 Å². The first-order valence-corrected chi connectivity index (χ1v) is 16.7. The fourth-order valence-electron chi connectivity index (χ4n) is 6.40. The van der Waals surface area contributed by atoms with E-state index in [-0.39, 0.29) is 17.6 Å². The molecule has 224 valence electrons. The van der Waals surface area contributed by atoms with Crippen LogP contribution in [0.3, 0.4) is 0 Å². The van der Waals surface area contributed by atoms with Gasteiger partial charge in [-0.15, -0.1) is 0 Å². The number of rotatable bonds is 8. The van der Waals surface area contributed by atoms with Gasteiger partial charge in [0.05, 0.1) is 22.0 Å². The van der Waals surface area contributed by atoms with Crippen LogP contribution in [0.2, 0.25) is 10.0 Å². The van der Waals surface area contributed by atoms with Crippen LogP contribution in [0.15, 0.2) is 60.7 Å². The second-order valence-electron chi connectivity index (χ2n) is 11.8. The van der Waals surface area contributed by atoms with Crippen molar-refractivity contribution < 1.29 is 17.6 Å². The van der Waals surface area contributed by atoms with Gasteiger partial charge in [-0.3, -0.25) is 9.10 Å². The Balaban J connectivity index is 1.29. The summed E-state index contributed by atoms with van der Waals surface area (Å²) < 4.78 is 40.8. The number of carbonyl (C=O) groups excluding carboxylic acids is 1. The third-order valence-corrected chi connectivity index (χ3v) is 10.6. The van der Waals surface area contributed by atoms with E-state index in [9.17, 15) is 17.6 Å². The highest BCUT2D eigenvalue weighted by molar-refractivity contribution is 7.92. The minimum absolute atomic E-state index is 0.0245. The molecule has 1 unspecified atom stereocenters. The molecule has 3 aromatic rings. The van der Waals surface area contributed by atoms with Crippen LogP contribution < -0.4 is 4.31 Å². The lowest BCUT2D eigenvalue weighted by Gasteiger charge is -2.40. The summed E-state index contributed by atoms with van der Waals surface area (Å²) in [5.41, 5.74) is 3.69. The molecule has 5 rings (SSSR count). The van der Waals surface area contributed by atoms with Gasteiger partial charge in [0.25, 0.3) is 5.91 Å². The number of hydrogen-bond acceptors (Lipinski definition) is 4. The van der Waals surface area contributed by atoms with Crippen LogP contribution >= 0.6 is 23.2 Å². The molecule has 1 atom stereocenters. The molecule has 0 N–H and O–H groups in total. The van der Waals surface area contributed by atoms with Gasteiger partial charge in [0.2, 0.25) is 10.0 Å². The summed E-state index contributed by atoms with van der Waals surface area (Å²) in [4.78, 5) is 17.4. The fourth-order valence-corrected chi connectivity index (χ4v) is 7.71. The molecule has 0 saturated carbocycles. The lowest BCUT2D eigenvalue weighted by atomic mass is 9.74. The van der Waals surface area contributed by atoms with Gasteiger partial charge in [-0.05, 0) is 99.4 Å². The zero-order valence-corrected chi connectivity index (χ0v) is 26.4. The number of fused-ring (bicyclic) bond motifs is 2. The molecule has 1 saturated heterocycles. The van der Waals surface area contributed by atoms with Gasteiger partial charge in [-0.25, -0.2) is 12.8 Å². The summed E-state index contributed by atoms with van der Waals surface area (Å²) in [6.07, 6.45) is 3.46. The van der Waals surface area contributed by atoms with Crippen molar-refractivity contribution >= 4 is 44.8 Å². The monoisotopic (exact) mass is 631 g/mol. The first kappa shape index (κ1) is 30.8. The smallest absolute Gasteiger partial charge is 0.253 e. The Labute approximate surface area is 258 Å². The summed E-state index contributed by atoms with van der Waals surface area (Å²) >= 11 is 12.6. The van der Waals surface area contributed by atoms with Crippen LogP contribution in [0.25, 0.3) is 0 Å². The number of nitrogens with zero attached hydrogens (tertiary/aromatic N) is 3. The highest BCUT2D eigenvalue weighted by Gasteiger charge is 2.47. The highest BCUT2D eigenvalue weighted by atomic mass is 35.5. The second-order valence-corrected chi connectivity index (χ2v) is 14.5. The Morgan fingerprint density at radius 3 is 2.45 bits per heavy atom. The van der Waals surface area contributed by atoms with Gasteiger partial charge in [-0.1, -0.05) is 47.0 Å². The molecule has 10 heteroatoms. The topological polar surface area (TPSA) is 60.9 Å². The van der Waals surface area contributed by atoms with Crippen molar-refractivity contribution in [2.24, 2.45) is 0 Å². The molecule has 1 fully saturated rings. The van der Waals surface area contributed by atoms with Crippen LogP contribution in [-0.2, 0) is 15.4 Å². The largest absolute Gasteiger partial charge is 0.341 e. The van der Waals surface area contributed by atoms with Crippen molar-refractivity contribution in [3.8, 4) is 0 Å². The summed E-state index contributed by atoms with van der Waals surface area (Å²) in [5, 5.41) is 0.968. The highest BCUT2D eigenvalue weighted by Crippen LogP contribution is 2.48. The number of hydrogen-bond donors (Lipinski definition) is 0. The first-order chi connectivity index (χ1) is 19.9. The Bertz CT molecular complexity index is 1590. The van der Waals surface area contributed by atoms with E-state index in [1.807, 2.05) is 50.4 Å². The van der Waals surface area contributed by atoms with E-state index in [1.165, 1.54) is 22.7 Å². The SMILES string of the molecule is Cc1cccc(C(=O)N(C)CC(CCN2CCC3(CC2)CN(S(C)(=O)=O)c2ccc(F)cc23)c2ccc(Cl)c(Cl)c2)c1. The molecular weight excluding hydrogens is 596 g/mol. The lowest BCUT2D eigenvalue weighted by molar-refractivity contribution is 0.0780. The number of likely N-dealkylation sites (N-methyl/N-ethyl adjacent to an activating group) is 1. The molecule has 0 aromatic heterocycles. The Kier molecular flexibility index (Phi) is 8.91. The van der Waals surface area contributed by atoms with Gasteiger partial charge in [-0.2, -0.15) is 0 Å². The van der Waals surface area contributed by atoms with Gasteiger partial charge in [0, 0.05) is 37.0 Å². The first-order valence-electron chi connectivity index (χ1n) is 14.1. The van der Waals surface area contributed by atoms with E-state index in [0.717, 1.165) is 55.6 Å². The number of aryl methyl sites for hydroxylation is 1. The number of likely N-dealkylation sites (tertiary alicyclic amines) is 1. The number of anilines is 1. The third kappa shape index (κ3) is 6.47. The van der Waals surface area contributed by atoms with Crippen LogP contribution in [-0.4, -0.2) is 70.2 Å². The molecule has 3 aromatic carbocycles. The number of benzene rings is 3. The Morgan fingerprint density at radius 2 is 1.79 bits per heavy atom. The van der Waals surface area contributed by atoms with E-state index in [1.54, 1.807) is 17.0 Å². The lowest BCUT2D eigenvalue weighted by Crippen LogP contribution is -2.46. The molecule has 2 heterocycles. The van der Waals surface area contributed by atoms with E-state index in [0.29, 0.717) is 34.4 Å². The molecule has 42 heavy (non-hydrogen) atoms. The Hall–Kier alpha value is -2.65. The van der Waals surface area contributed by atoms with Gasteiger partial charge < -0.3 is 9.80 Å². The van der Waals surface area contributed by atoms with Crippen molar-refractivity contribution in [1.82, 2.24) is 9.80 Å². The average molecular weight is 633 g/mol. The molecule has 2 aliphatic heterocycles. The van der Waals surface area contributed by atoms with Crippen LogP contribution in [0.1, 0.15) is 52.2 Å². The third-order valence-electron chi connectivity index (χ3n) is 8.77. The maximum atomic E-state index is 14.3. The maximum absolute atomic E-state index is 14.3. The van der Waals surface area contributed by atoms with Gasteiger partial charge >= 0.3 is 0 Å². The second kappa shape index (κ2) is 12.2. The van der Waals surface area contributed by atoms with Crippen molar-refractivity contribution in [1.29, 1.82) is 0 Å². The normalized spacial score (nSPS) is 17.3. The predicted octanol–water partition coefficient (Wildman–Crippen LogP) is 6.50. The molecule has 0 radical (unpaired) electrons. The van der Waals surface area contributed by atoms with E-state index >= 15 is 0 Å². The summed E-state index contributed by atoms with van der Waals surface area (Å²) in [6, 6.07) is 17.7. The zero-order valence-electron chi connectivity index (χ0n) is 24.1. The fraction of sp³-hybridized carbons (Fsp3) is 0.406. The molecule has 0 aliphatic carbocycles. The van der Waals surface area contributed by atoms with Crippen LogP contribution in [0.5, 0.6) is 0 Å². The summed E-state index contributed by atoms with van der Waals surface area (Å²) in [7, 11) is -1.65. The average Bonchev–Trinajstić information content (AvgIpc) is 3.26. The molecule has 0 bridgehead atoms. The van der Waals surface area contributed by atoms with Gasteiger partial charge in [0.1, 0.15) is 5.82 Å². The van der Waals surface area contributed by atoms with E-state index in [2.05, 4.69) is 4.90 Å². The molecule has 1 amide bonds. The number of amides is 1. The van der Waals surface area contributed by atoms with Crippen LogP contribution in [0, 0.1) is 12.7 Å². The van der Waals surface area contributed by atoms with Crippen molar-refractivity contribution in [3.63, 3.8) is 0 Å². The van der Waals surface area contributed by atoms with Crippen molar-refractivity contribution in [2.75, 3.05) is 50.3 Å². The number of carbonyl (C=O) groups is 1. The zero-order chi connectivity index (χ0) is 30.2. The van der Waals surface area contributed by atoms with E-state index in [4.69, 9.17) is 23.2 Å². The van der Waals surface area contributed by atoms with Gasteiger partial charge in [0.15, 0.2) is 0 Å². The minimum Gasteiger partial charge on any atom is -0.341 e. The number of sulfonamides is 1. The summed E-state index contributed by atoms with van der Waals surface area (Å²) in [6.45, 7) is 5.14. The standard InChI is InChI=1S/C32H36Cl2FN3O3S/c1-22-5-4-6-24(17-22)31(39)36(2)20-25(23-7-9-28(33)29(34)18-23)11-14-37-15-12-32(13-16-37)21-38(42(3,40)41)30-10-8-26(35)19-27(30)32/h4-10,17-19,25H,11-16,20-21H2,1-3H3. The minimum atomic E-state index is -3.47. The van der Waals surface area contributed by atoms with E-state index < -0.39 is 15.4 Å². The van der Waals surface area contributed by atoms with Crippen molar-refractivity contribution in [2.45, 2.75) is 37.5 Å². The van der Waals surface area contributed by atoms with Crippen molar-refractivity contribution in [3.05, 3.63) is 98.8 Å². The molecule has 1 spiro atoms. The molecular formula is C32H36Cl2FN3O3S.